The molecule has 68 heavy (non-hydrogen) atoms. The van der Waals surface area contributed by atoms with Gasteiger partial charge in [-0.2, -0.15) is 0 Å². The number of hydrogen-bond acceptors (Lipinski definition) is 24. The van der Waals surface area contributed by atoms with Crippen molar-refractivity contribution >= 4 is 5.97 Å². The Balaban J connectivity index is 1.08. The molecule has 4 heterocycles. The summed E-state index contributed by atoms with van der Waals surface area (Å²) >= 11 is 0. The van der Waals surface area contributed by atoms with E-state index in [-0.39, 0.29) is 30.3 Å². The van der Waals surface area contributed by atoms with Crippen LogP contribution >= 0.6 is 0 Å². The minimum atomic E-state index is -2.00. The van der Waals surface area contributed by atoms with E-state index in [4.69, 9.17) is 37.9 Å². The SMILES string of the molecule is C=C1C(O)[C@@]23CC[C@H]4[C@@](C)(CCC[C@@]4(C)C(=O)OC4OC(CO)C(O)C(O)C4O)[C@@H]2CCC1(OC1OC(CO)C(O)C(OC2OC(CO)C(O)C(O)C2O)C1OC1OC(CO)C(O)C(O)C1O)C3. The lowest BCUT2D eigenvalue weighted by Crippen LogP contribution is -2.68. The standard InChI is InChI=1S/C44H70O24/c1-16-35(59)43-9-5-21-41(2,7-4-8-42(21,3)40(60)67-38-32(58)29(55)25(51)19(13-47)63-38)22(43)6-10-44(16,15-43)68-39-34(66-37-31(57)28(54)24(50)18(12-46)62-37)33(26(52)20(14-48)64-39)65-36-30(56)27(53)23(49)17(11-45)61-36/h17-39,45-59H,1,4-15H2,2-3H3/t17?,18?,19?,20?,21-,22-,23?,24?,25?,26?,27?,28?,29?,30?,31?,32?,33?,34?,35?,36?,37?,38?,39?,41+,42+,43+,44?/m0/s1. The smallest absolute Gasteiger partial charge is 0.314 e. The van der Waals surface area contributed by atoms with Crippen molar-refractivity contribution in [3.05, 3.63) is 12.2 Å². The summed E-state index contributed by atoms with van der Waals surface area (Å²) < 4.78 is 47.9. The normalized spacial score (nSPS) is 55.0. The summed E-state index contributed by atoms with van der Waals surface area (Å²) in [6.45, 7) is 4.95. The molecule has 15 N–H and O–H groups in total. The Kier molecular flexibility index (Phi) is 15.2. The number of aliphatic hydroxyl groups is 15. The van der Waals surface area contributed by atoms with Crippen LogP contribution in [0.25, 0.3) is 0 Å². The molecule has 0 radical (unpaired) electrons. The highest BCUT2D eigenvalue weighted by molar-refractivity contribution is 5.77. The number of rotatable bonds is 12. The topological polar surface area (TPSA) is 394 Å². The van der Waals surface area contributed by atoms with Crippen LogP contribution in [0.5, 0.6) is 0 Å². The molecule has 4 aliphatic heterocycles. The molecule has 2 bridgehead atoms. The second kappa shape index (κ2) is 19.6. The highest BCUT2D eigenvalue weighted by Crippen LogP contribution is 2.73. The van der Waals surface area contributed by atoms with E-state index in [1.165, 1.54) is 0 Å². The Morgan fingerprint density at radius 3 is 1.54 bits per heavy atom. The van der Waals surface area contributed by atoms with Crippen LogP contribution in [-0.4, -0.2) is 244 Å². The van der Waals surface area contributed by atoms with E-state index in [2.05, 4.69) is 13.5 Å². The van der Waals surface area contributed by atoms with Crippen LogP contribution in [0.1, 0.15) is 65.2 Å². The van der Waals surface area contributed by atoms with Crippen molar-refractivity contribution < 1.29 is 119 Å². The Morgan fingerprint density at radius 1 is 0.559 bits per heavy atom. The van der Waals surface area contributed by atoms with Crippen molar-refractivity contribution in [3.63, 3.8) is 0 Å². The van der Waals surface area contributed by atoms with Gasteiger partial charge in [-0.15, -0.1) is 0 Å². The van der Waals surface area contributed by atoms with Crippen molar-refractivity contribution in [2.45, 2.75) is 200 Å². The van der Waals surface area contributed by atoms with Crippen LogP contribution in [0.15, 0.2) is 12.2 Å². The first-order chi connectivity index (χ1) is 32.1. The first kappa shape index (κ1) is 52.6. The number of carbonyl (C=O) groups excluding carboxylic acids is 1. The lowest BCUT2D eigenvalue weighted by Gasteiger charge is -2.64. The zero-order valence-corrected chi connectivity index (χ0v) is 37.9. The van der Waals surface area contributed by atoms with E-state index < -0.39 is 183 Å². The van der Waals surface area contributed by atoms with Gasteiger partial charge in [0, 0.05) is 5.41 Å². The van der Waals surface area contributed by atoms with Gasteiger partial charge in [-0.3, -0.25) is 4.79 Å². The van der Waals surface area contributed by atoms with Crippen molar-refractivity contribution in [1.29, 1.82) is 0 Å². The summed E-state index contributed by atoms with van der Waals surface area (Å²) in [5.74, 6) is -1.27. The molecule has 22 unspecified atom stereocenters. The molecule has 0 aromatic carbocycles. The van der Waals surface area contributed by atoms with Crippen LogP contribution in [0.2, 0.25) is 0 Å². The third kappa shape index (κ3) is 8.39. The van der Waals surface area contributed by atoms with Gasteiger partial charge in [0.15, 0.2) is 18.9 Å². The Bertz CT molecular complexity index is 1790. The second-order valence-electron chi connectivity index (χ2n) is 20.8. The molecule has 4 saturated carbocycles. The predicted octanol–water partition coefficient (Wildman–Crippen LogP) is -6.14. The Morgan fingerprint density at radius 2 is 1.01 bits per heavy atom. The first-order valence-electron chi connectivity index (χ1n) is 23.5. The molecular formula is C44H70O24. The Labute approximate surface area is 391 Å². The predicted molar refractivity (Wildman–Crippen MR) is 220 cm³/mol. The molecule has 4 aliphatic carbocycles. The van der Waals surface area contributed by atoms with Crippen LogP contribution in [0.4, 0.5) is 0 Å². The largest absolute Gasteiger partial charge is 0.432 e. The molecule has 24 nitrogen and oxygen atoms in total. The highest BCUT2D eigenvalue weighted by atomic mass is 16.8. The van der Waals surface area contributed by atoms with Crippen molar-refractivity contribution in [2.24, 2.45) is 28.1 Å². The lowest BCUT2D eigenvalue weighted by molar-refractivity contribution is -0.400. The van der Waals surface area contributed by atoms with Gasteiger partial charge in [-0.25, -0.2) is 0 Å². The van der Waals surface area contributed by atoms with Crippen LogP contribution < -0.4 is 0 Å². The molecule has 24 heteroatoms. The van der Waals surface area contributed by atoms with Crippen molar-refractivity contribution in [2.75, 3.05) is 26.4 Å². The van der Waals surface area contributed by atoms with Gasteiger partial charge in [-0.1, -0.05) is 19.9 Å². The monoisotopic (exact) mass is 982 g/mol. The third-order valence-corrected chi connectivity index (χ3v) is 17.2. The van der Waals surface area contributed by atoms with Gasteiger partial charge < -0.3 is 114 Å². The third-order valence-electron chi connectivity index (χ3n) is 17.2. The number of carbonyl (C=O) groups is 1. The minimum Gasteiger partial charge on any atom is -0.432 e. The fraction of sp³-hybridized carbons (Fsp3) is 0.932. The summed E-state index contributed by atoms with van der Waals surface area (Å²) in [6, 6.07) is 0. The quantitative estimate of drug-likeness (QED) is 0.0491. The maximum absolute atomic E-state index is 14.3. The summed E-state index contributed by atoms with van der Waals surface area (Å²) in [5.41, 5.74) is -3.80. The molecule has 0 aromatic rings. The molecule has 390 valence electrons. The maximum Gasteiger partial charge on any atom is 0.314 e. The fourth-order valence-corrected chi connectivity index (χ4v) is 13.5. The van der Waals surface area contributed by atoms with Gasteiger partial charge in [-0.05, 0) is 74.7 Å². The highest BCUT2D eigenvalue weighted by Gasteiger charge is 2.72. The molecule has 4 saturated heterocycles. The Hall–Kier alpha value is -1.67. The molecule has 8 rings (SSSR count). The summed E-state index contributed by atoms with van der Waals surface area (Å²) in [5, 5.41) is 160. The minimum absolute atomic E-state index is 0.149. The van der Waals surface area contributed by atoms with Gasteiger partial charge in [0.25, 0.3) is 0 Å². The lowest BCUT2D eigenvalue weighted by atomic mass is 9.40. The maximum atomic E-state index is 14.3. The molecule has 27 atom stereocenters. The molecular weight excluding hydrogens is 912 g/mol. The van der Waals surface area contributed by atoms with Crippen molar-refractivity contribution in [3.8, 4) is 0 Å². The zero-order valence-electron chi connectivity index (χ0n) is 37.9. The van der Waals surface area contributed by atoms with E-state index in [1.807, 2.05) is 0 Å². The van der Waals surface area contributed by atoms with Gasteiger partial charge in [0.2, 0.25) is 6.29 Å². The molecule has 0 aromatic heterocycles. The van der Waals surface area contributed by atoms with Crippen LogP contribution in [0, 0.1) is 28.1 Å². The molecule has 0 amide bonds. The van der Waals surface area contributed by atoms with Crippen LogP contribution in [-0.2, 0) is 42.7 Å². The van der Waals surface area contributed by atoms with Crippen molar-refractivity contribution in [1.82, 2.24) is 0 Å². The first-order valence-corrected chi connectivity index (χ1v) is 23.5. The van der Waals surface area contributed by atoms with E-state index in [9.17, 15) is 81.4 Å². The fourth-order valence-electron chi connectivity index (χ4n) is 13.5. The summed E-state index contributed by atoms with van der Waals surface area (Å²) in [4.78, 5) is 14.3. The summed E-state index contributed by atoms with van der Waals surface area (Å²) in [7, 11) is 0. The van der Waals surface area contributed by atoms with Gasteiger partial charge in [0.05, 0.1) is 43.5 Å². The number of fused-ring (bicyclic) bond motifs is 3. The average molecular weight is 983 g/mol. The van der Waals surface area contributed by atoms with Crippen LogP contribution in [0.3, 0.4) is 0 Å². The number of hydrogen-bond donors (Lipinski definition) is 15. The van der Waals surface area contributed by atoms with Gasteiger partial charge in [0.1, 0.15) is 97.7 Å². The zero-order chi connectivity index (χ0) is 49.6. The average Bonchev–Trinajstić information content (AvgIpc) is 3.46. The second-order valence-corrected chi connectivity index (χ2v) is 20.8. The molecule has 1 spiro atoms. The number of esters is 1. The number of aliphatic hydroxyl groups excluding tert-OH is 15. The number of ether oxygens (including phenoxy) is 8. The summed E-state index contributed by atoms with van der Waals surface area (Å²) in [6.07, 6.45) is -33.1. The van der Waals surface area contributed by atoms with E-state index in [0.717, 1.165) is 0 Å². The van der Waals surface area contributed by atoms with E-state index >= 15 is 0 Å². The molecule has 8 aliphatic rings. The van der Waals surface area contributed by atoms with E-state index in [0.29, 0.717) is 38.5 Å². The van der Waals surface area contributed by atoms with E-state index in [1.54, 1.807) is 6.92 Å². The van der Waals surface area contributed by atoms with Gasteiger partial charge >= 0.3 is 5.97 Å². The molecule has 8 fully saturated rings.